The van der Waals surface area contributed by atoms with Crippen LogP contribution in [0.15, 0.2) is 121 Å². The third kappa shape index (κ3) is 3.49. The molecule has 2 heterocycles. The van der Waals surface area contributed by atoms with Crippen LogP contribution in [0.4, 0.5) is 34.1 Å². The minimum Gasteiger partial charge on any atom is -0.310 e. The van der Waals surface area contributed by atoms with Crippen LogP contribution in [0.1, 0.15) is 22.3 Å². The van der Waals surface area contributed by atoms with E-state index in [0.29, 0.717) is 0 Å². The van der Waals surface area contributed by atoms with Crippen molar-refractivity contribution in [3.8, 4) is 0 Å². The lowest BCUT2D eigenvalue weighted by atomic mass is 10.0. The summed E-state index contributed by atoms with van der Waals surface area (Å²) >= 11 is 0. The largest absolute Gasteiger partial charge is 0.310 e. The Morgan fingerprint density at radius 1 is 0.306 bits per heavy atom. The molecule has 5 aromatic carbocycles. The maximum atomic E-state index is 2.44. The number of hydrogen-bond donors (Lipinski definition) is 0. The SMILES string of the molecule is c1ccc2c(c1)CCc1ccccc1N2c1ccc(N2c3ccccc3CCc3ccccc32)cc1. The second-order valence-corrected chi connectivity index (χ2v) is 9.70. The quantitative estimate of drug-likeness (QED) is 0.257. The molecule has 174 valence electrons. The Balaban J connectivity index is 1.36. The van der Waals surface area contributed by atoms with E-state index in [-0.39, 0.29) is 0 Å². The van der Waals surface area contributed by atoms with E-state index < -0.39 is 0 Å². The Hall–Kier alpha value is -4.30. The van der Waals surface area contributed by atoms with Crippen LogP contribution in [0.25, 0.3) is 0 Å². The highest BCUT2D eigenvalue weighted by Crippen LogP contribution is 2.45. The van der Waals surface area contributed by atoms with Gasteiger partial charge in [-0.25, -0.2) is 0 Å². The molecule has 0 aliphatic carbocycles. The molecule has 5 aromatic rings. The van der Waals surface area contributed by atoms with Gasteiger partial charge in [0.05, 0.1) is 0 Å². The highest BCUT2D eigenvalue weighted by Gasteiger charge is 2.24. The van der Waals surface area contributed by atoms with E-state index in [1.807, 2.05) is 0 Å². The van der Waals surface area contributed by atoms with Crippen molar-refractivity contribution in [2.24, 2.45) is 0 Å². The molecule has 0 spiro atoms. The molecular formula is C34H28N2. The molecule has 2 nitrogen and oxygen atoms in total. The van der Waals surface area contributed by atoms with Gasteiger partial charge in [0.25, 0.3) is 0 Å². The molecule has 0 bridgehead atoms. The minimum atomic E-state index is 1.06. The van der Waals surface area contributed by atoms with Gasteiger partial charge in [-0.3, -0.25) is 0 Å². The fourth-order valence-corrected chi connectivity index (χ4v) is 5.87. The van der Waals surface area contributed by atoms with Gasteiger partial charge >= 0.3 is 0 Å². The van der Waals surface area contributed by atoms with Crippen molar-refractivity contribution in [3.63, 3.8) is 0 Å². The molecule has 0 fully saturated rings. The first kappa shape index (κ1) is 21.0. The van der Waals surface area contributed by atoms with Gasteiger partial charge in [0.2, 0.25) is 0 Å². The van der Waals surface area contributed by atoms with E-state index in [9.17, 15) is 0 Å². The highest BCUT2D eigenvalue weighted by atomic mass is 15.2. The maximum Gasteiger partial charge on any atom is 0.0493 e. The highest BCUT2D eigenvalue weighted by molar-refractivity contribution is 5.85. The summed E-state index contributed by atoms with van der Waals surface area (Å²) < 4.78 is 0. The van der Waals surface area contributed by atoms with Crippen LogP contribution in [-0.2, 0) is 25.7 Å². The van der Waals surface area contributed by atoms with Crippen molar-refractivity contribution in [2.75, 3.05) is 9.80 Å². The molecule has 36 heavy (non-hydrogen) atoms. The van der Waals surface area contributed by atoms with Crippen LogP contribution in [0.3, 0.4) is 0 Å². The van der Waals surface area contributed by atoms with Gasteiger partial charge in [0, 0.05) is 34.1 Å². The monoisotopic (exact) mass is 464 g/mol. The molecule has 0 atom stereocenters. The molecule has 0 amide bonds. The molecule has 2 heteroatoms. The van der Waals surface area contributed by atoms with E-state index in [1.165, 1.54) is 56.4 Å². The van der Waals surface area contributed by atoms with Gasteiger partial charge in [-0.2, -0.15) is 0 Å². The topological polar surface area (TPSA) is 6.48 Å². The summed E-state index contributed by atoms with van der Waals surface area (Å²) in [6, 6.07) is 44.5. The van der Waals surface area contributed by atoms with Crippen LogP contribution in [-0.4, -0.2) is 0 Å². The van der Waals surface area contributed by atoms with Gasteiger partial charge in [-0.05, 0) is 96.5 Å². The molecular weight excluding hydrogens is 436 g/mol. The minimum absolute atomic E-state index is 1.06. The smallest absolute Gasteiger partial charge is 0.0493 e. The Morgan fingerprint density at radius 2 is 0.556 bits per heavy atom. The Bertz CT molecular complexity index is 1340. The van der Waals surface area contributed by atoms with Gasteiger partial charge in [-0.15, -0.1) is 0 Å². The van der Waals surface area contributed by atoms with Crippen molar-refractivity contribution in [1.82, 2.24) is 0 Å². The normalized spacial score (nSPS) is 14.1. The second kappa shape index (κ2) is 8.73. The molecule has 0 saturated carbocycles. The number of para-hydroxylation sites is 4. The molecule has 2 aliphatic heterocycles. The predicted molar refractivity (Wildman–Crippen MR) is 151 cm³/mol. The van der Waals surface area contributed by atoms with E-state index >= 15 is 0 Å². The van der Waals surface area contributed by atoms with E-state index in [4.69, 9.17) is 0 Å². The van der Waals surface area contributed by atoms with E-state index in [1.54, 1.807) is 0 Å². The summed E-state index contributed by atoms with van der Waals surface area (Å²) in [5.74, 6) is 0. The van der Waals surface area contributed by atoms with Crippen molar-refractivity contribution in [2.45, 2.75) is 25.7 Å². The van der Waals surface area contributed by atoms with Crippen LogP contribution in [0, 0.1) is 0 Å². The van der Waals surface area contributed by atoms with Gasteiger partial charge in [0.1, 0.15) is 0 Å². The molecule has 0 aromatic heterocycles. The van der Waals surface area contributed by atoms with Crippen LogP contribution in [0.5, 0.6) is 0 Å². The summed E-state index contributed by atoms with van der Waals surface area (Å²) in [7, 11) is 0. The predicted octanol–water partition coefficient (Wildman–Crippen LogP) is 8.82. The Kier molecular flexibility index (Phi) is 5.10. The molecule has 2 aliphatic rings. The van der Waals surface area contributed by atoms with E-state index in [0.717, 1.165) is 25.7 Å². The Labute approximate surface area is 213 Å². The summed E-state index contributed by atoms with van der Waals surface area (Å²) in [5, 5.41) is 0. The third-order valence-electron chi connectivity index (χ3n) is 7.62. The fraction of sp³-hybridized carbons (Fsp3) is 0.118. The number of nitrogens with zero attached hydrogens (tertiary/aromatic N) is 2. The fourth-order valence-electron chi connectivity index (χ4n) is 5.87. The average molecular weight is 465 g/mol. The number of anilines is 6. The Morgan fingerprint density at radius 3 is 0.833 bits per heavy atom. The third-order valence-corrected chi connectivity index (χ3v) is 7.62. The van der Waals surface area contributed by atoms with Crippen LogP contribution >= 0.6 is 0 Å². The lowest BCUT2D eigenvalue weighted by Crippen LogP contribution is -2.13. The van der Waals surface area contributed by atoms with Crippen LogP contribution in [0.2, 0.25) is 0 Å². The summed E-state index contributed by atoms with van der Waals surface area (Å²) in [4.78, 5) is 4.87. The van der Waals surface area contributed by atoms with Crippen LogP contribution < -0.4 is 9.80 Å². The summed E-state index contributed by atoms with van der Waals surface area (Å²) in [5.41, 5.74) is 13.1. The van der Waals surface area contributed by atoms with Crippen molar-refractivity contribution < 1.29 is 0 Å². The zero-order valence-corrected chi connectivity index (χ0v) is 20.3. The number of hydrogen-bond acceptors (Lipinski definition) is 2. The zero-order chi connectivity index (χ0) is 23.9. The number of benzene rings is 5. The maximum absolute atomic E-state index is 2.44. The first-order chi connectivity index (χ1) is 17.9. The number of fused-ring (bicyclic) bond motifs is 4. The molecule has 0 saturated heterocycles. The van der Waals surface area contributed by atoms with Crippen molar-refractivity contribution in [1.29, 1.82) is 0 Å². The first-order valence-corrected chi connectivity index (χ1v) is 12.9. The molecule has 0 N–H and O–H groups in total. The second-order valence-electron chi connectivity index (χ2n) is 9.70. The first-order valence-electron chi connectivity index (χ1n) is 12.9. The van der Waals surface area contributed by atoms with Gasteiger partial charge < -0.3 is 9.80 Å². The van der Waals surface area contributed by atoms with Gasteiger partial charge in [0.15, 0.2) is 0 Å². The standard InChI is InChI=1S/C34H28N2/c1-5-13-31-25(9-1)17-18-26-10-2-6-14-32(26)35(31)29-21-23-30(24-22-29)36-33-15-7-3-11-27(33)19-20-28-12-4-8-16-34(28)36/h1-16,21-24H,17-20H2. The number of rotatable bonds is 2. The zero-order valence-electron chi connectivity index (χ0n) is 20.3. The molecule has 7 rings (SSSR count). The summed E-state index contributed by atoms with van der Waals surface area (Å²) in [6.45, 7) is 0. The average Bonchev–Trinajstić information content (AvgIpc) is 3.21. The number of aryl methyl sites for hydroxylation is 4. The molecule has 0 radical (unpaired) electrons. The lowest BCUT2D eigenvalue weighted by Gasteiger charge is -2.30. The van der Waals surface area contributed by atoms with Crippen molar-refractivity contribution >= 4 is 34.1 Å². The van der Waals surface area contributed by atoms with Gasteiger partial charge in [-0.1, -0.05) is 72.8 Å². The van der Waals surface area contributed by atoms with E-state index in [2.05, 4.69) is 131 Å². The summed E-state index contributed by atoms with van der Waals surface area (Å²) in [6.07, 6.45) is 4.23. The molecule has 0 unspecified atom stereocenters. The van der Waals surface area contributed by atoms with Crippen molar-refractivity contribution in [3.05, 3.63) is 144 Å². The lowest BCUT2D eigenvalue weighted by molar-refractivity contribution is 0.977.